The fraction of sp³-hybridized carbons (Fsp3) is 0.500. The van der Waals surface area contributed by atoms with Crippen molar-refractivity contribution in [3.8, 4) is 0 Å². The Morgan fingerprint density at radius 2 is 2.05 bits per heavy atom. The van der Waals surface area contributed by atoms with Crippen LogP contribution in [0.25, 0.3) is 0 Å². The lowest BCUT2D eigenvalue weighted by Gasteiger charge is -2.18. The number of fused-ring (bicyclic) bond motifs is 1. The van der Waals surface area contributed by atoms with Crippen LogP contribution in [-0.4, -0.2) is 41.5 Å². The third-order valence-electron chi connectivity index (χ3n) is 3.65. The first-order valence-corrected chi connectivity index (χ1v) is 8.49. The molecule has 6 nitrogen and oxygen atoms in total. The molecule has 0 saturated carbocycles. The number of amides is 1. The first kappa shape index (κ1) is 18.9. The fourth-order valence-corrected chi connectivity index (χ4v) is 3.20. The molecule has 0 saturated heterocycles. The average Bonchev–Trinajstić information content (AvgIpc) is 2.90. The van der Waals surface area contributed by atoms with Crippen LogP contribution in [0, 0.1) is 0 Å². The van der Waals surface area contributed by atoms with Gasteiger partial charge in [-0.2, -0.15) is 0 Å². The van der Waals surface area contributed by atoms with E-state index in [1.807, 2.05) is 7.05 Å². The summed E-state index contributed by atoms with van der Waals surface area (Å²) in [4.78, 5) is 14.1. The molecule has 1 heterocycles. The molecule has 0 radical (unpaired) electrons. The van der Waals surface area contributed by atoms with Gasteiger partial charge in [-0.05, 0) is 51.2 Å². The maximum atomic E-state index is 12.2. The lowest BCUT2D eigenvalue weighted by molar-refractivity contribution is -0.118. The summed E-state index contributed by atoms with van der Waals surface area (Å²) < 4.78 is 26.0. The maximum absolute atomic E-state index is 12.2. The second kappa shape index (κ2) is 7.92. The SMILES string of the molecule is CNCCCC(=O)N1CCc2ccc(S(=O)(=O)NC)cc21.Cl. The number of benzene rings is 1. The molecule has 1 amide bonds. The minimum Gasteiger partial charge on any atom is -0.320 e. The molecule has 1 aliphatic heterocycles. The molecule has 0 spiro atoms. The minimum absolute atomic E-state index is 0. The van der Waals surface area contributed by atoms with E-state index in [9.17, 15) is 13.2 Å². The Kier molecular flexibility index (Phi) is 6.80. The molecular weight excluding hydrogens is 326 g/mol. The van der Waals surface area contributed by atoms with Gasteiger partial charge in [-0.15, -0.1) is 12.4 Å². The Bertz CT molecular complexity index is 634. The molecule has 2 N–H and O–H groups in total. The van der Waals surface area contributed by atoms with Crippen LogP contribution in [0.1, 0.15) is 18.4 Å². The van der Waals surface area contributed by atoms with Crippen molar-refractivity contribution >= 4 is 34.0 Å². The van der Waals surface area contributed by atoms with Gasteiger partial charge in [0.25, 0.3) is 0 Å². The number of anilines is 1. The predicted octanol–water partition coefficient (Wildman–Crippen LogP) is 0.905. The Labute approximate surface area is 137 Å². The van der Waals surface area contributed by atoms with Gasteiger partial charge < -0.3 is 10.2 Å². The van der Waals surface area contributed by atoms with E-state index in [4.69, 9.17) is 0 Å². The van der Waals surface area contributed by atoms with Crippen molar-refractivity contribution in [1.82, 2.24) is 10.0 Å². The van der Waals surface area contributed by atoms with E-state index in [2.05, 4.69) is 10.0 Å². The van der Waals surface area contributed by atoms with Crippen molar-refractivity contribution in [3.63, 3.8) is 0 Å². The van der Waals surface area contributed by atoms with Gasteiger partial charge in [-0.1, -0.05) is 6.07 Å². The summed E-state index contributed by atoms with van der Waals surface area (Å²) in [5.41, 5.74) is 1.74. The molecule has 0 bridgehead atoms. The summed E-state index contributed by atoms with van der Waals surface area (Å²) in [5, 5.41) is 3.01. The van der Waals surface area contributed by atoms with Crippen molar-refractivity contribution in [2.45, 2.75) is 24.2 Å². The Hall–Kier alpha value is -1.15. The molecule has 0 unspecified atom stereocenters. The first-order chi connectivity index (χ1) is 9.99. The molecule has 2 rings (SSSR count). The van der Waals surface area contributed by atoms with E-state index >= 15 is 0 Å². The van der Waals surface area contributed by atoms with Crippen molar-refractivity contribution in [2.24, 2.45) is 0 Å². The Morgan fingerprint density at radius 3 is 2.68 bits per heavy atom. The number of hydrogen-bond acceptors (Lipinski definition) is 4. The van der Waals surface area contributed by atoms with E-state index in [-0.39, 0.29) is 23.2 Å². The highest BCUT2D eigenvalue weighted by atomic mass is 35.5. The van der Waals surface area contributed by atoms with Crippen LogP contribution < -0.4 is 14.9 Å². The molecule has 0 fully saturated rings. The topological polar surface area (TPSA) is 78.5 Å². The molecule has 124 valence electrons. The second-order valence-electron chi connectivity index (χ2n) is 5.00. The smallest absolute Gasteiger partial charge is 0.240 e. The van der Waals surface area contributed by atoms with Crippen LogP contribution in [0.4, 0.5) is 5.69 Å². The number of hydrogen-bond donors (Lipinski definition) is 2. The van der Waals surface area contributed by atoms with Crippen LogP contribution in [0.15, 0.2) is 23.1 Å². The van der Waals surface area contributed by atoms with Crippen molar-refractivity contribution < 1.29 is 13.2 Å². The molecule has 0 aromatic heterocycles. The molecular formula is C14H22ClN3O3S. The molecule has 0 atom stereocenters. The van der Waals surface area contributed by atoms with E-state index in [0.29, 0.717) is 13.0 Å². The summed E-state index contributed by atoms with van der Waals surface area (Å²) in [6, 6.07) is 4.96. The van der Waals surface area contributed by atoms with Crippen LogP contribution in [-0.2, 0) is 21.2 Å². The number of carbonyl (C=O) groups is 1. The average molecular weight is 348 g/mol. The standard InChI is InChI=1S/C14H21N3O3S.ClH/c1-15-8-3-4-14(18)17-9-7-11-5-6-12(10-13(11)17)21(19,20)16-2;/h5-6,10,15-16H,3-4,7-9H2,1-2H3;1H. The summed E-state index contributed by atoms with van der Waals surface area (Å²) in [7, 11) is -0.258. The molecule has 22 heavy (non-hydrogen) atoms. The van der Waals surface area contributed by atoms with Crippen LogP contribution in [0.3, 0.4) is 0 Å². The van der Waals surface area contributed by atoms with Gasteiger partial charge in [-0.3, -0.25) is 4.79 Å². The van der Waals surface area contributed by atoms with Gasteiger partial charge >= 0.3 is 0 Å². The van der Waals surface area contributed by atoms with Crippen molar-refractivity contribution in [1.29, 1.82) is 0 Å². The quantitative estimate of drug-likeness (QED) is 0.750. The molecule has 1 aromatic rings. The van der Waals surface area contributed by atoms with Gasteiger partial charge in [0.15, 0.2) is 0 Å². The largest absolute Gasteiger partial charge is 0.320 e. The highest BCUT2D eigenvalue weighted by Gasteiger charge is 2.26. The van der Waals surface area contributed by atoms with Gasteiger partial charge in [0.2, 0.25) is 15.9 Å². The lowest BCUT2D eigenvalue weighted by atomic mass is 10.2. The third-order valence-corrected chi connectivity index (χ3v) is 5.06. The van der Waals surface area contributed by atoms with Gasteiger partial charge in [0.1, 0.15) is 0 Å². The minimum atomic E-state index is -3.49. The molecule has 1 aromatic carbocycles. The zero-order valence-corrected chi connectivity index (χ0v) is 14.4. The monoisotopic (exact) mass is 347 g/mol. The fourth-order valence-electron chi connectivity index (χ4n) is 2.45. The van der Waals surface area contributed by atoms with Crippen LogP contribution in [0.5, 0.6) is 0 Å². The summed E-state index contributed by atoms with van der Waals surface area (Å²) in [6.45, 7) is 1.41. The predicted molar refractivity (Wildman–Crippen MR) is 89.2 cm³/mol. The summed E-state index contributed by atoms with van der Waals surface area (Å²) >= 11 is 0. The number of nitrogens with one attached hydrogen (secondary N) is 2. The number of halogens is 1. The Morgan fingerprint density at radius 1 is 1.32 bits per heavy atom. The zero-order chi connectivity index (χ0) is 15.5. The summed E-state index contributed by atoms with van der Waals surface area (Å²) in [5.74, 6) is 0.0444. The van der Waals surface area contributed by atoms with Crippen molar-refractivity contribution in [3.05, 3.63) is 23.8 Å². The zero-order valence-electron chi connectivity index (χ0n) is 12.8. The molecule has 0 aliphatic carbocycles. The number of sulfonamides is 1. The van der Waals surface area contributed by atoms with E-state index in [0.717, 1.165) is 30.6 Å². The number of nitrogens with zero attached hydrogens (tertiary/aromatic N) is 1. The van der Waals surface area contributed by atoms with E-state index < -0.39 is 10.0 Å². The van der Waals surface area contributed by atoms with E-state index in [1.165, 1.54) is 7.05 Å². The highest BCUT2D eigenvalue weighted by Crippen LogP contribution is 2.31. The number of rotatable bonds is 6. The third kappa shape index (κ3) is 3.98. The highest BCUT2D eigenvalue weighted by molar-refractivity contribution is 7.89. The first-order valence-electron chi connectivity index (χ1n) is 7.01. The normalized spacial score (nSPS) is 13.6. The number of carbonyl (C=O) groups excluding carboxylic acids is 1. The molecule has 8 heteroatoms. The summed E-state index contributed by atoms with van der Waals surface area (Å²) in [6.07, 6.45) is 2.01. The Balaban J connectivity index is 0.00000242. The van der Waals surface area contributed by atoms with Crippen LogP contribution >= 0.6 is 12.4 Å². The van der Waals surface area contributed by atoms with E-state index in [1.54, 1.807) is 23.1 Å². The van der Waals surface area contributed by atoms with Crippen LogP contribution in [0.2, 0.25) is 0 Å². The van der Waals surface area contributed by atoms with Gasteiger partial charge in [-0.25, -0.2) is 13.1 Å². The lowest BCUT2D eigenvalue weighted by Crippen LogP contribution is -2.29. The van der Waals surface area contributed by atoms with Gasteiger partial charge in [0, 0.05) is 18.7 Å². The van der Waals surface area contributed by atoms with Gasteiger partial charge in [0.05, 0.1) is 4.90 Å². The maximum Gasteiger partial charge on any atom is 0.240 e. The van der Waals surface area contributed by atoms with Crippen molar-refractivity contribution in [2.75, 3.05) is 32.1 Å². The second-order valence-corrected chi connectivity index (χ2v) is 6.89. The molecule has 1 aliphatic rings.